The summed E-state index contributed by atoms with van der Waals surface area (Å²) in [5.41, 5.74) is 0.517. The lowest BCUT2D eigenvalue weighted by Gasteiger charge is -2.59. The standard InChI is InChI=1S/C23H36N4O/c1-16(23-11-17-8-18(12-23)10-19(9-17)13-23)25-22(28)20(14-24)15-27(3)21-4-6-26(2)7-5-21/h15-19,21H,4-13H2,1-3H3,(H,25,28)/b20-15-. The van der Waals surface area contributed by atoms with E-state index in [0.29, 0.717) is 6.04 Å². The van der Waals surface area contributed by atoms with E-state index in [9.17, 15) is 10.1 Å². The molecule has 1 heterocycles. The van der Waals surface area contributed by atoms with Crippen molar-refractivity contribution in [2.75, 3.05) is 27.2 Å². The summed E-state index contributed by atoms with van der Waals surface area (Å²) < 4.78 is 0. The number of amides is 1. The van der Waals surface area contributed by atoms with E-state index in [0.717, 1.165) is 43.7 Å². The molecular formula is C23H36N4O. The summed E-state index contributed by atoms with van der Waals surface area (Å²) in [6, 6.07) is 2.72. The van der Waals surface area contributed by atoms with Crippen LogP contribution in [0.25, 0.3) is 0 Å². The van der Waals surface area contributed by atoms with Crippen molar-refractivity contribution in [3.05, 3.63) is 11.8 Å². The second kappa shape index (κ2) is 7.71. The van der Waals surface area contributed by atoms with Crippen LogP contribution in [-0.2, 0) is 4.79 Å². The molecule has 5 heteroatoms. The average Bonchev–Trinajstić information content (AvgIpc) is 2.65. The Hall–Kier alpha value is -1.54. The molecule has 0 aromatic rings. The van der Waals surface area contributed by atoms with Gasteiger partial charge in [0.05, 0.1) is 0 Å². The topological polar surface area (TPSA) is 59.4 Å². The van der Waals surface area contributed by atoms with Gasteiger partial charge in [0.25, 0.3) is 5.91 Å². The first-order chi connectivity index (χ1) is 13.4. The normalized spacial score (nSPS) is 36.8. The van der Waals surface area contributed by atoms with Crippen molar-refractivity contribution >= 4 is 5.91 Å². The Bertz CT molecular complexity index is 635. The van der Waals surface area contributed by atoms with E-state index in [4.69, 9.17) is 0 Å². The summed E-state index contributed by atoms with van der Waals surface area (Å²) in [4.78, 5) is 17.3. The third-order valence-corrected chi connectivity index (χ3v) is 8.31. The molecule has 1 N–H and O–H groups in total. The summed E-state index contributed by atoms with van der Waals surface area (Å²) in [6.45, 7) is 4.32. The molecule has 28 heavy (non-hydrogen) atoms. The number of nitrogens with one attached hydrogen (secondary N) is 1. The van der Waals surface area contributed by atoms with Crippen molar-refractivity contribution in [3.8, 4) is 6.07 Å². The lowest BCUT2D eigenvalue weighted by molar-refractivity contribution is -0.122. The first-order valence-corrected chi connectivity index (χ1v) is 11.2. The third-order valence-electron chi connectivity index (χ3n) is 8.31. The van der Waals surface area contributed by atoms with Crippen LogP contribution in [0.3, 0.4) is 0 Å². The quantitative estimate of drug-likeness (QED) is 0.584. The summed E-state index contributed by atoms with van der Waals surface area (Å²) in [5, 5.41) is 12.9. The van der Waals surface area contributed by atoms with Crippen LogP contribution in [0.4, 0.5) is 0 Å². The number of carbonyl (C=O) groups excluding carboxylic acids is 1. The number of piperidine rings is 1. The highest BCUT2D eigenvalue weighted by molar-refractivity contribution is 5.97. The molecular weight excluding hydrogens is 348 g/mol. The molecule has 1 aliphatic heterocycles. The highest BCUT2D eigenvalue weighted by Gasteiger charge is 2.53. The average molecular weight is 385 g/mol. The number of hydrogen-bond donors (Lipinski definition) is 1. The molecule has 5 nitrogen and oxygen atoms in total. The van der Waals surface area contributed by atoms with Crippen molar-refractivity contribution in [3.63, 3.8) is 0 Å². The Kier molecular flexibility index (Phi) is 5.44. The molecule has 1 saturated heterocycles. The SMILES string of the molecule is CC(NC(=O)/C(C#N)=C\N(C)C1CCN(C)CC1)C12CC3CC(CC(C3)C1)C2. The summed E-state index contributed by atoms with van der Waals surface area (Å²) >= 11 is 0. The molecule has 1 unspecified atom stereocenters. The predicted molar refractivity (Wildman–Crippen MR) is 110 cm³/mol. The molecule has 5 fully saturated rings. The van der Waals surface area contributed by atoms with Crippen LogP contribution >= 0.6 is 0 Å². The predicted octanol–water partition coefficient (Wildman–Crippen LogP) is 3.14. The second-order valence-corrected chi connectivity index (χ2v) is 10.3. The van der Waals surface area contributed by atoms with Crippen molar-refractivity contribution in [1.82, 2.24) is 15.1 Å². The highest BCUT2D eigenvalue weighted by atomic mass is 16.1. The first-order valence-electron chi connectivity index (χ1n) is 11.2. The fourth-order valence-electron chi connectivity index (χ4n) is 6.98. The van der Waals surface area contributed by atoms with Gasteiger partial charge in [-0.2, -0.15) is 5.26 Å². The van der Waals surface area contributed by atoms with Crippen molar-refractivity contribution < 1.29 is 4.79 Å². The van der Waals surface area contributed by atoms with E-state index < -0.39 is 0 Å². The first kappa shape index (κ1) is 19.8. The van der Waals surface area contributed by atoms with E-state index in [1.165, 1.54) is 38.5 Å². The van der Waals surface area contributed by atoms with Crippen molar-refractivity contribution in [2.45, 2.75) is 70.4 Å². The minimum Gasteiger partial charge on any atom is -0.376 e. The molecule has 1 atom stereocenters. The Morgan fingerprint density at radius 2 is 1.71 bits per heavy atom. The maximum absolute atomic E-state index is 12.9. The zero-order chi connectivity index (χ0) is 19.9. The van der Waals surface area contributed by atoms with Gasteiger partial charge in [0.2, 0.25) is 0 Å². The van der Waals surface area contributed by atoms with Crippen molar-refractivity contribution in [1.29, 1.82) is 5.26 Å². The number of hydrogen-bond acceptors (Lipinski definition) is 4. The third kappa shape index (κ3) is 3.81. The molecule has 4 bridgehead atoms. The summed E-state index contributed by atoms with van der Waals surface area (Å²) in [6.07, 6.45) is 11.9. The van der Waals surface area contributed by atoms with Gasteiger partial charge in [-0.25, -0.2) is 0 Å². The van der Waals surface area contributed by atoms with Gasteiger partial charge in [-0.1, -0.05) is 0 Å². The molecule has 5 rings (SSSR count). The Morgan fingerprint density at radius 1 is 1.18 bits per heavy atom. The van der Waals surface area contributed by atoms with Crippen LogP contribution in [0.2, 0.25) is 0 Å². The molecule has 154 valence electrons. The monoisotopic (exact) mass is 384 g/mol. The molecule has 4 saturated carbocycles. The number of carbonyl (C=O) groups is 1. The molecule has 5 aliphatic rings. The fraction of sp³-hybridized carbons (Fsp3) is 0.826. The molecule has 4 aliphatic carbocycles. The smallest absolute Gasteiger partial charge is 0.263 e. The molecule has 0 aromatic heterocycles. The van der Waals surface area contributed by atoms with Crippen LogP contribution in [0, 0.1) is 34.5 Å². The minimum absolute atomic E-state index is 0.152. The summed E-state index contributed by atoms with van der Waals surface area (Å²) in [5.74, 6) is 2.41. The van der Waals surface area contributed by atoms with Gasteiger partial charge in [-0.15, -0.1) is 0 Å². The molecule has 0 radical (unpaired) electrons. The van der Waals surface area contributed by atoms with E-state index in [1.54, 1.807) is 6.20 Å². The number of likely N-dealkylation sites (tertiary alicyclic amines) is 1. The minimum atomic E-state index is -0.189. The van der Waals surface area contributed by atoms with Gasteiger partial charge in [0.15, 0.2) is 0 Å². The maximum Gasteiger partial charge on any atom is 0.263 e. The Labute approximate surface area is 170 Å². The largest absolute Gasteiger partial charge is 0.376 e. The van der Waals surface area contributed by atoms with E-state index in [1.807, 2.05) is 7.05 Å². The number of nitrogens with zero attached hydrogens (tertiary/aromatic N) is 3. The Balaban J connectivity index is 1.39. The van der Waals surface area contributed by atoms with Gasteiger partial charge >= 0.3 is 0 Å². The maximum atomic E-state index is 12.9. The second-order valence-electron chi connectivity index (χ2n) is 10.3. The van der Waals surface area contributed by atoms with Gasteiger partial charge in [0.1, 0.15) is 11.6 Å². The van der Waals surface area contributed by atoms with Crippen molar-refractivity contribution in [2.24, 2.45) is 23.2 Å². The van der Waals surface area contributed by atoms with E-state index in [-0.39, 0.29) is 22.9 Å². The lowest BCUT2D eigenvalue weighted by Crippen LogP contribution is -2.56. The lowest BCUT2D eigenvalue weighted by atomic mass is 9.48. The van der Waals surface area contributed by atoms with Crippen LogP contribution in [0.1, 0.15) is 58.3 Å². The van der Waals surface area contributed by atoms with E-state index in [2.05, 4.69) is 35.2 Å². The van der Waals surface area contributed by atoms with Gasteiger partial charge in [-0.3, -0.25) is 4.79 Å². The molecule has 0 spiro atoms. The molecule has 1 amide bonds. The zero-order valence-corrected chi connectivity index (χ0v) is 17.8. The fourth-order valence-corrected chi connectivity index (χ4v) is 6.98. The van der Waals surface area contributed by atoms with Gasteiger partial charge in [-0.05, 0) is 102 Å². The van der Waals surface area contributed by atoms with E-state index >= 15 is 0 Å². The van der Waals surface area contributed by atoms with Crippen LogP contribution in [0.5, 0.6) is 0 Å². The highest BCUT2D eigenvalue weighted by Crippen LogP contribution is 2.61. The van der Waals surface area contributed by atoms with Crippen LogP contribution < -0.4 is 5.32 Å². The molecule has 0 aromatic carbocycles. The number of nitriles is 1. The van der Waals surface area contributed by atoms with Gasteiger partial charge < -0.3 is 15.1 Å². The zero-order valence-electron chi connectivity index (χ0n) is 17.8. The number of rotatable bonds is 5. The Morgan fingerprint density at radius 3 is 2.21 bits per heavy atom. The van der Waals surface area contributed by atoms with Crippen LogP contribution in [0.15, 0.2) is 11.8 Å². The van der Waals surface area contributed by atoms with Gasteiger partial charge in [0, 0.05) is 25.3 Å². The summed E-state index contributed by atoms with van der Waals surface area (Å²) in [7, 11) is 4.15. The van der Waals surface area contributed by atoms with Crippen LogP contribution in [-0.4, -0.2) is 55.0 Å².